The van der Waals surface area contributed by atoms with Gasteiger partial charge in [-0.3, -0.25) is 0 Å². The van der Waals surface area contributed by atoms with E-state index in [-0.39, 0.29) is 12.1 Å². The number of hydrogen-bond donors (Lipinski definition) is 1. The molecule has 0 amide bonds. The van der Waals surface area contributed by atoms with E-state index in [4.69, 9.17) is 14.7 Å². The maximum absolute atomic E-state index is 8.72. The third-order valence-electron chi connectivity index (χ3n) is 1.71. The minimum atomic E-state index is -0.218. The molecule has 0 fully saturated rings. The average Bonchev–Trinajstić information content (AvgIpc) is 2.21. The first-order valence-corrected chi connectivity index (χ1v) is 5.06. The third kappa shape index (κ3) is 6.84. The van der Waals surface area contributed by atoms with Gasteiger partial charge in [-0.15, -0.1) is 0 Å². The van der Waals surface area contributed by atoms with Gasteiger partial charge < -0.3 is 14.8 Å². The molecule has 0 aromatic rings. The van der Waals surface area contributed by atoms with Crippen molar-refractivity contribution in [3.05, 3.63) is 0 Å². The Kier molecular flexibility index (Phi) is 8.54. The highest BCUT2D eigenvalue weighted by Gasteiger charge is 2.08. The number of hydrogen-bond acceptors (Lipinski definition) is 4. The van der Waals surface area contributed by atoms with Crippen molar-refractivity contribution in [1.29, 1.82) is 5.26 Å². The molecule has 14 heavy (non-hydrogen) atoms. The monoisotopic (exact) mass is 200 g/mol. The van der Waals surface area contributed by atoms with Crippen LogP contribution >= 0.6 is 0 Å². The first-order chi connectivity index (χ1) is 6.74. The Morgan fingerprint density at radius 1 is 1.36 bits per heavy atom. The van der Waals surface area contributed by atoms with Crippen LogP contribution in [0, 0.1) is 11.3 Å². The minimum absolute atomic E-state index is 0.0458. The van der Waals surface area contributed by atoms with E-state index < -0.39 is 0 Å². The molecular formula is C10H20N2O2. The van der Waals surface area contributed by atoms with Gasteiger partial charge in [0.05, 0.1) is 25.4 Å². The molecule has 0 saturated heterocycles. The third-order valence-corrected chi connectivity index (χ3v) is 1.71. The zero-order valence-electron chi connectivity index (χ0n) is 9.25. The van der Waals surface area contributed by atoms with Gasteiger partial charge in [0.1, 0.15) is 6.04 Å². The van der Waals surface area contributed by atoms with Crippen LogP contribution in [0.15, 0.2) is 0 Å². The fourth-order valence-electron chi connectivity index (χ4n) is 0.981. The molecule has 0 aliphatic heterocycles. The summed E-state index contributed by atoms with van der Waals surface area (Å²) >= 11 is 0. The summed E-state index contributed by atoms with van der Waals surface area (Å²) in [7, 11) is 0. The number of ether oxygens (including phenoxy) is 2. The Morgan fingerprint density at radius 3 is 2.57 bits per heavy atom. The lowest BCUT2D eigenvalue weighted by molar-refractivity contribution is -0.00676. The summed E-state index contributed by atoms with van der Waals surface area (Å²) in [6, 6.07) is 1.92. The summed E-state index contributed by atoms with van der Waals surface area (Å²) in [5.41, 5.74) is 0. The van der Waals surface area contributed by atoms with Crippen LogP contribution < -0.4 is 5.32 Å². The Hall–Kier alpha value is -0.630. The predicted molar refractivity (Wildman–Crippen MR) is 55.0 cm³/mol. The van der Waals surface area contributed by atoms with Crippen molar-refractivity contribution in [1.82, 2.24) is 5.32 Å². The van der Waals surface area contributed by atoms with E-state index in [9.17, 15) is 0 Å². The Morgan fingerprint density at radius 2 is 2.07 bits per heavy atom. The van der Waals surface area contributed by atoms with Crippen molar-refractivity contribution in [3.63, 3.8) is 0 Å². The molecule has 0 heterocycles. The molecule has 2 atom stereocenters. The quantitative estimate of drug-likeness (QED) is 0.633. The molecule has 4 heteroatoms. The second-order valence-electron chi connectivity index (χ2n) is 3.04. The first-order valence-electron chi connectivity index (χ1n) is 5.06. The molecule has 2 unspecified atom stereocenters. The predicted octanol–water partition coefficient (Wildman–Crippen LogP) is 0.930. The van der Waals surface area contributed by atoms with E-state index in [2.05, 4.69) is 11.4 Å². The van der Waals surface area contributed by atoms with Gasteiger partial charge in [0, 0.05) is 6.61 Å². The highest BCUT2D eigenvalue weighted by Crippen LogP contribution is 1.94. The first kappa shape index (κ1) is 13.4. The van der Waals surface area contributed by atoms with E-state index >= 15 is 0 Å². The molecular weight excluding hydrogens is 180 g/mol. The van der Waals surface area contributed by atoms with Gasteiger partial charge in [-0.2, -0.15) is 5.26 Å². The zero-order chi connectivity index (χ0) is 10.8. The second kappa shape index (κ2) is 8.95. The van der Waals surface area contributed by atoms with Crippen LogP contribution in [0.1, 0.15) is 20.8 Å². The normalized spacial score (nSPS) is 14.7. The highest BCUT2D eigenvalue weighted by atomic mass is 16.5. The van der Waals surface area contributed by atoms with Gasteiger partial charge in [-0.1, -0.05) is 6.92 Å². The van der Waals surface area contributed by atoms with Crippen molar-refractivity contribution < 1.29 is 9.47 Å². The summed E-state index contributed by atoms with van der Waals surface area (Å²) in [6.07, 6.45) is 0.0458. The van der Waals surface area contributed by atoms with Crippen molar-refractivity contribution in [2.75, 3.05) is 26.4 Å². The van der Waals surface area contributed by atoms with Crippen LogP contribution in [0.25, 0.3) is 0 Å². The lowest BCUT2D eigenvalue weighted by atomic mass is 10.3. The van der Waals surface area contributed by atoms with E-state index in [0.717, 1.165) is 6.54 Å². The molecule has 0 spiro atoms. The van der Waals surface area contributed by atoms with E-state index in [1.54, 1.807) is 0 Å². The molecule has 0 rings (SSSR count). The molecule has 0 aliphatic rings. The molecule has 0 aliphatic carbocycles. The largest absolute Gasteiger partial charge is 0.379 e. The lowest BCUT2D eigenvalue weighted by Crippen LogP contribution is -2.33. The number of nitrogens with zero attached hydrogens (tertiary/aromatic N) is 1. The maximum atomic E-state index is 8.72. The molecule has 0 radical (unpaired) electrons. The molecule has 0 bridgehead atoms. The molecule has 0 aromatic carbocycles. The van der Waals surface area contributed by atoms with Crippen molar-refractivity contribution >= 4 is 0 Å². The van der Waals surface area contributed by atoms with Crippen LogP contribution in [0.3, 0.4) is 0 Å². The van der Waals surface area contributed by atoms with E-state index in [0.29, 0.717) is 19.8 Å². The Balaban J connectivity index is 3.53. The van der Waals surface area contributed by atoms with Crippen LogP contribution in [0.4, 0.5) is 0 Å². The second-order valence-corrected chi connectivity index (χ2v) is 3.04. The molecule has 1 N–H and O–H groups in total. The smallest absolute Gasteiger partial charge is 0.119 e. The van der Waals surface area contributed by atoms with Crippen LogP contribution in [-0.4, -0.2) is 38.5 Å². The SMILES string of the molecule is CCNC(C#N)COC(C)COCC. The standard InChI is InChI=1S/C10H20N2O2/c1-4-12-10(6-11)8-14-9(3)7-13-5-2/h9-10,12H,4-5,7-8H2,1-3H3. The number of rotatable bonds is 8. The number of likely N-dealkylation sites (N-methyl/N-ethyl adjacent to an activating group) is 1. The molecule has 4 nitrogen and oxygen atoms in total. The number of nitrogens with one attached hydrogen (secondary N) is 1. The van der Waals surface area contributed by atoms with E-state index in [1.807, 2.05) is 20.8 Å². The van der Waals surface area contributed by atoms with Gasteiger partial charge in [0.15, 0.2) is 0 Å². The summed E-state index contributed by atoms with van der Waals surface area (Å²) in [5.74, 6) is 0. The fraction of sp³-hybridized carbons (Fsp3) is 0.900. The van der Waals surface area contributed by atoms with Crippen molar-refractivity contribution in [3.8, 4) is 6.07 Å². The van der Waals surface area contributed by atoms with Gasteiger partial charge >= 0.3 is 0 Å². The van der Waals surface area contributed by atoms with Crippen LogP contribution in [0.2, 0.25) is 0 Å². The molecule has 82 valence electrons. The van der Waals surface area contributed by atoms with Gasteiger partial charge in [-0.05, 0) is 20.4 Å². The van der Waals surface area contributed by atoms with Crippen LogP contribution in [0.5, 0.6) is 0 Å². The van der Waals surface area contributed by atoms with Crippen molar-refractivity contribution in [2.24, 2.45) is 0 Å². The summed E-state index contributed by atoms with van der Waals surface area (Å²) in [4.78, 5) is 0. The lowest BCUT2D eigenvalue weighted by Gasteiger charge is -2.15. The highest BCUT2D eigenvalue weighted by molar-refractivity contribution is 4.89. The topological polar surface area (TPSA) is 54.3 Å². The zero-order valence-corrected chi connectivity index (χ0v) is 9.25. The van der Waals surface area contributed by atoms with E-state index in [1.165, 1.54) is 0 Å². The maximum Gasteiger partial charge on any atom is 0.119 e. The van der Waals surface area contributed by atoms with Gasteiger partial charge in [0.25, 0.3) is 0 Å². The summed E-state index contributed by atoms with van der Waals surface area (Å²) in [5, 5.41) is 11.7. The number of nitriles is 1. The van der Waals surface area contributed by atoms with Crippen LogP contribution in [-0.2, 0) is 9.47 Å². The molecule has 0 aromatic heterocycles. The summed E-state index contributed by atoms with van der Waals surface area (Å²) in [6.45, 7) is 8.33. The van der Waals surface area contributed by atoms with Crippen molar-refractivity contribution in [2.45, 2.75) is 32.9 Å². The molecule has 0 saturated carbocycles. The Bertz CT molecular complexity index is 168. The average molecular weight is 200 g/mol. The summed E-state index contributed by atoms with van der Waals surface area (Å²) < 4.78 is 10.6. The van der Waals surface area contributed by atoms with Gasteiger partial charge in [0.2, 0.25) is 0 Å². The van der Waals surface area contributed by atoms with Gasteiger partial charge in [-0.25, -0.2) is 0 Å². The fourth-order valence-corrected chi connectivity index (χ4v) is 0.981. The minimum Gasteiger partial charge on any atom is -0.379 e. The Labute approximate surface area is 86.2 Å².